The monoisotopic (exact) mass is 471 g/mol. The van der Waals surface area contributed by atoms with Crippen molar-refractivity contribution in [3.8, 4) is 0 Å². The Morgan fingerprint density at radius 2 is 1.68 bits per heavy atom. The van der Waals surface area contributed by atoms with Gasteiger partial charge in [0.2, 0.25) is 0 Å². The van der Waals surface area contributed by atoms with Gasteiger partial charge in [-0.1, -0.05) is 46.9 Å². The number of pyridine rings is 1. The number of amides is 1. The van der Waals surface area contributed by atoms with Gasteiger partial charge in [0.15, 0.2) is 0 Å². The van der Waals surface area contributed by atoms with Gasteiger partial charge in [-0.2, -0.15) is 0 Å². The zero-order valence-electron chi connectivity index (χ0n) is 16.3. The lowest BCUT2D eigenvalue weighted by Gasteiger charge is -2.08. The number of halogens is 3. The summed E-state index contributed by atoms with van der Waals surface area (Å²) < 4.78 is 1.77. The molecule has 1 N–H and O–H groups in total. The first kappa shape index (κ1) is 21.4. The van der Waals surface area contributed by atoms with Crippen LogP contribution < -0.4 is 5.32 Å². The largest absolute Gasteiger partial charge is 0.327 e. The molecule has 0 saturated carbocycles. The molecule has 5 nitrogen and oxygen atoms in total. The fraction of sp³-hybridized carbons (Fsp3) is 0.0870. The molecule has 31 heavy (non-hydrogen) atoms. The van der Waals surface area contributed by atoms with E-state index in [2.05, 4.69) is 10.3 Å². The van der Waals surface area contributed by atoms with E-state index in [9.17, 15) is 9.59 Å². The number of aromatic nitrogens is 2. The Morgan fingerprint density at radius 3 is 2.39 bits per heavy atom. The zero-order chi connectivity index (χ0) is 22.1. The Balaban J connectivity index is 1.75. The van der Waals surface area contributed by atoms with Crippen LogP contribution in [0.15, 0.2) is 60.8 Å². The normalized spacial score (nSPS) is 11.0. The summed E-state index contributed by atoms with van der Waals surface area (Å²) in [5, 5.41) is 4.35. The van der Waals surface area contributed by atoms with E-state index in [1.165, 1.54) is 0 Å². The van der Waals surface area contributed by atoms with Gasteiger partial charge in [0.25, 0.3) is 11.7 Å². The minimum atomic E-state index is -0.794. The molecule has 4 aromatic rings. The van der Waals surface area contributed by atoms with Crippen LogP contribution in [0.4, 0.5) is 5.69 Å². The molecule has 0 aliphatic rings. The van der Waals surface area contributed by atoms with Crippen molar-refractivity contribution in [2.45, 2.75) is 13.5 Å². The van der Waals surface area contributed by atoms with Crippen molar-refractivity contribution in [1.82, 2.24) is 9.55 Å². The number of nitrogens with zero attached hydrogens (tertiary/aromatic N) is 2. The van der Waals surface area contributed by atoms with Crippen LogP contribution >= 0.6 is 34.8 Å². The number of fused-ring (bicyclic) bond motifs is 1. The number of carbonyl (C=O) groups excluding carboxylic acids is 2. The number of ketones is 1. The predicted molar refractivity (Wildman–Crippen MR) is 124 cm³/mol. The Morgan fingerprint density at radius 1 is 0.968 bits per heavy atom. The third-order valence-electron chi connectivity index (χ3n) is 4.80. The van der Waals surface area contributed by atoms with E-state index in [0.29, 0.717) is 33.2 Å². The Labute approximate surface area is 193 Å². The molecule has 0 spiro atoms. The molecule has 1 amide bonds. The molecule has 0 fully saturated rings. The lowest BCUT2D eigenvalue weighted by atomic mass is 10.1. The van der Waals surface area contributed by atoms with Crippen LogP contribution in [0, 0.1) is 6.92 Å². The molecule has 8 heteroatoms. The fourth-order valence-corrected chi connectivity index (χ4v) is 4.00. The summed E-state index contributed by atoms with van der Waals surface area (Å²) in [6.07, 6.45) is 1.56. The number of hydrogen-bond acceptors (Lipinski definition) is 3. The molecule has 0 saturated heterocycles. The lowest BCUT2D eigenvalue weighted by molar-refractivity contribution is -0.112. The number of Topliss-reactive ketones (excluding diaryl/α,β-unsaturated/α-hetero) is 1. The summed E-state index contributed by atoms with van der Waals surface area (Å²) in [7, 11) is 0. The summed E-state index contributed by atoms with van der Waals surface area (Å²) in [6, 6.07) is 15.7. The van der Waals surface area contributed by atoms with Crippen LogP contribution in [0.2, 0.25) is 15.2 Å². The van der Waals surface area contributed by atoms with Crippen molar-refractivity contribution in [1.29, 1.82) is 0 Å². The number of benzene rings is 2. The molecule has 156 valence electrons. The number of carbonyl (C=O) groups is 2. The second-order valence-electron chi connectivity index (χ2n) is 7.01. The molecule has 2 aromatic heterocycles. The summed E-state index contributed by atoms with van der Waals surface area (Å²) >= 11 is 18.8. The maximum absolute atomic E-state index is 13.1. The quantitative estimate of drug-likeness (QED) is 0.279. The fourth-order valence-electron chi connectivity index (χ4n) is 3.36. The van der Waals surface area contributed by atoms with Crippen molar-refractivity contribution in [2.24, 2.45) is 0 Å². The Hall–Kier alpha value is -2.86. The SMILES string of the molecule is Cc1cc(NC(=O)C(=O)c2c(Cl)n(Cc3ccc(Cl)cc3)c3ccc(Cl)cc23)ccn1. The van der Waals surface area contributed by atoms with Crippen LogP contribution in [0.25, 0.3) is 10.9 Å². The first-order valence-electron chi connectivity index (χ1n) is 9.33. The summed E-state index contributed by atoms with van der Waals surface area (Å²) in [6.45, 7) is 2.19. The molecule has 0 unspecified atom stereocenters. The van der Waals surface area contributed by atoms with Crippen molar-refractivity contribution >= 4 is 63.1 Å². The molecule has 0 bridgehead atoms. The van der Waals surface area contributed by atoms with Crippen LogP contribution in [-0.2, 0) is 11.3 Å². The van der Waals surface area contributed by atoms with E-state index in [4.69, 9.17) is 34.8 Å². The summed E-state index contributed by atoms with van der Waals surface area (Å²) in [4.78, 5) is 29.9. The number of aryl methyl sites for hydroxylation is 1. The van der Waals surface area contributed by atoms with Gasteiger partial charge in [0, 0.05) is 39.6 Å². The van der Waals surface area contributed by atoms with Crippen molar-refractivity contribution < 1.29 is 9.59 Å². The maximum atomic E-state index is 13.1. The van der Waals surface area contributed by atoms with Gasteiger partial charge in [0.1, 0.15) is 5.15 Å². The van der Waals surface area contributed by atoms with Gasteiger partial charge in [-0.15, -0.1) is 0 Å². The second-order valence-corrected chi connectivity index (χ2v) is 8.24. The second kappa shape index (κ2) is 8.71. The molecule has 0 aliphatic carbocycles. The van der Waals surface area contributed by atoms with Gasteiger partial charge < -0.3 is 9.88 Å². The average Bonchev–Trinajstić information content (AvgIpc) is 2.99. The minimum Gasteiger partial charge on any atom is -0.327 e. The third kappa shape index (κ3) is 4.44. The van der Waals surface area contributed by atoms with Crippen molar-refractivity contribution in [3.05, 3.63) is 92.8 Å². The predicted octanol–water partition coefficient (Wildman–Crippen LogP) is 6.17. The third-order valence-corrected chi connectivity index (χ3v) is 5.68. The molecule has 2 aromatic carbocycles. The maximum Gasteiger partial charge on any atom is 0.296 e. The van der Waals surface area contributed by atoms with Crippen LogP contribution in [0.3, 0.4) is 0 Å². The van der Waals surface area contributed by atoms with E-state index in [1.807, 2.05) is 12.1 Å². The van der Waals surface area contributed by atoms with E-state index in [1.54, 1.807) is 60.2 Å². The number of anilines is 1. The molecule has 2 heterocycles. The minimum absolute atomic E-state index is 0.108. The topological polar surface area (TPSA) is 64.0 Å². The molecule has 4 rings (SSSR count). The van der Waals surface area contributed by atoms with E-state index in [-0.39, 0.29) is 10.7 Å². The van der Waals surface area contributed by atoms with Gasteiger partial charge in [-0.3, -0.25) is 14.6 Å². The highest BCUT2D eigenvalue weighted by atomic mass is 35.5. The molecular weight excluding hydrogens is 457 g/mol. The molecular formula is C23H16Cl3N3O2. The first-order chi connectivity index (χ1) is 14.8. The lowest BCUT2D eigenvalue weighted by Crippen LogP contribution is -2.23. The standard InChI is InChI=1S/C23H16Cl3N3O2/c1-13-10-17(8-9-27-13)28-23(31)21(30)20-18-11-16(25)6-7-19(18)29(22(20)26)12-14-2-4-15(24)5-3-14/h2-11H,12H2,1H3,(H,27,28,31). The van der Waals surface area contributed by atoms with Crippen molar-refractivity contribution in [3.63, 3.8) is 0 Å². The van der Waals surface area contributed by atoms with Gasteiger partial charge >= 0.3 is 0 Å². The Bertz CT molecular complexity index is 1310. The number of hydrogen-bond donors (Lipinski definition) is 1. The van der Waals surface area contributed by atoms with E-state index in [0.717, 1.165) is 11.3 Å². The van der Waals surface area contributed by atoms with Gasteiger partial charge in [-0.25, -0.2) is 0 Å². The summed E-state index contributed by atoms with van der Waals surface area (Å²) in [5.41, 5.74) is 2.94. The molecule has 0 radical (unpaired) electrons. The highest BCUT2D eigenvalue weighted by Gasteiger charge is 2.27. The van der Waals surface area contributed by atoms with Gasteiger partial charge in [0.05, 0.1) is 11.1 Å². The highest BCUT2D eigenvalue weighted by Crippen LogP contribution is 2.33. The smallest absolute Gasteiger partial charge is 0.296 e. The number of nitrogens with one attached hydrogen (secondary N) is 1. The molecule has 0 atom stereocenters. The van der Waals surface area contributed by atoms with E-state index >= 15 is 0 Å². The van der Waals surface area contributed by atoms with Crippen LogP contribution in [0.1, 0.15) is 21.6 Å². The average molecular weight is 473 g/mol. The Kier molecular flexibility index (Phi) is 6.01. The highest BCUT2D eigenvalue weighted by molar-refractivity contribution is 6.52. The zero-order valence-corrected chi connectivity index (χ0v) is 18.6. The van der Waals surface area contributed by atoms with Crippen LogP contribution in [-0.4, -0.2) is 21.2 Å². The van der Waals surface area contributed by atoms with Gasteiger partial charge in [-0.05, 0) is 55.0 Å². The van der Waals surface area contributed by atoms with E-state index < -0.39 is 11.7 Å². The summed E-state index contributed by atoms with van der Waals surface area (Å²) in [5.74, 6) is -1.54. The van der Waals surface area contributed by atoms with Crippen molar-refractivity contribution in [2.75, 3.05) is 5.32 Å². The first-order valence-corrected chi connectivity index (χ1v) is 10.5. The number of rotatable bonds is 5. The molecule has 0 aliphatic heterocycles. The van der Waals surface area contributed by atoms with Crippen LogP contribution in [0.5, 0.6) is 0 Å².